The van der Waals surface area contributed by atoms with E-state index in [0.717, 1.165) is 5.56 Å². The summed E-state index contributed by atoms with van der Waals surface area (Å²) in [6.07, 6.45) is -0.895. The lowest BCUT2D eigenvalue weighted by molar-refractivity contribution is -0.386. The Balaban J connectivity index is 2.07. The Hall–Kier alpha value is -3.09. The molecule has 126 valence electrons. The molecule has 0 saturated carbocycles. The number of nitrogens with one attached hydrogen (secondary N) is 1. The lowest BCUT2D eigenvalue weighted by atomic mass is 10.2. The van der Waals surface area contributed by atoms with Crippen LogP contribution in [0.2, 0.25) is 0 Å². The summed E-state index contributed by atoms with van der Waals surface area (Å²) in [6.45, 7) is 3.28. The Morgan fingerprint density at radius 1 is 1.21 bits per heavy atom. The number of nitro groups is 1. The summed E-state index contributed by atoms with van der Waals surface area (Å²) in [5.41, 5.74) is 1.15. The summed E-state index contributed by atoms with van der Waals surface area (Å²) in [5.74, 6) is 0.325. The van der Waals surface area contributed by atoms with Crippen molar-refractivity contribution in [2.45, 2.75) is 20.0 Å². The number of benzene rings is 2. The first-order valence-electron chi connectivity index (χ1n) is 7.27. The minimum Gasteiger partial charge on any atom is -0.497 e. The molecule has 7 heteroatoms. The van der Waals surface area contributed by atoms with Crippen molar-refractivity contribution in [3.05, 3.63) is 58.1 Å². The fourth-order valence-corrected chi connectivity index (χ4v) is 2.03. The highest BCUT2D eigenvalue weighted by Crippen LogP contribution is 2.28. The molecule has 0 bridgehead atoms. The fourth-order valence-electron chi connectivity index (χ4n) is 2.03. The Kier molecular flexibility index (Phi) is 5.36. The van der Waals surface area contributed by atoms with Gasteiger partial charge in [-0.05, 0) is 49.7 Å². The summed E-state index contributed by atoms with van der Waals surface area (Å²) in [4.78, 5) is 22.7. The maximum Gasteiger partial charge on any atom is 0.311 e. The molecule has 0 radical (unpaired) electrons. The minimum absolute atomic E-state index is 0.0583. The molecule has 0 unspecified atom stereocenters. The number of nitro benzene ring substituents is 1. The lowest BCUT2D eigenvalue weighted by Gasteiger charge is -2.15. The first-order valence-corrected chi connectivity index (χ1v) is 7.27. The maximum atomic E-state index is 12.2. The molecular weight excluding hydrogens is 312 g/mol. The molecule has 1 amide bonds. The van der Waals surface area contributed by atoms with E-state index in [9.17, 15) is 14.9 Å². The highest BCUT2D eigenvalue weighted by Gasteiger charge is 2.21. The molecule has 0 heterocycles. The Morgan fingerprint density at radius 3 is 2.46 bits per heavy atom. The average Bonchev–Trinajstić information content (AvgIpc) is 2.56. The van der Waals surface area contributed by atoms with Gasteiger partial charge < -0.3 is 14.8 Å². The number of amides is 1. The molecule has 0 aliphatic carbocycles. The Morgan fingerprint density at radius 2 is 1.88 bits per heavy atom. The van der Waals surface area contributed by atoms with Crippen LogP contribution >= 0.6 is 0 Å². The van der Waals surface area contributed by atoms with Gasteiger partial charge in [-0.3, -0.25) is 14.9 Å². The van der Waals surface area contributed by atoms with Gasteiger partial charge in [-0.15, -0.1) is 0 Å². The van der Waals surface area contributed by atoms with E-state index in [0.29, 0.717) is 11.4 Å². The molecular formula is C17H18N2O5. The molecule has 1 atom stereocenters. The van der Waals surface area contributed by atoms with E-state index in [2.05, 4.69) is 5.32 Å². The number of hydrogen-bond acceptors (Lipinski definition) is 5. The SMILES string of the molecule is COc1ccc(NC(=O)[C@@H](C)Oc2ccc(C)cc2[N+](=O)[O-])cc1. The van der Waals surface area contributed by atoms with E-state index < -0.39 is 16.9 Å². The number of carbonyl (C=O) groups is 1. The number of carbonyl (C=O) groups excluding carboxylic acids is 1. The highest BCUT2D eigenvalue weighted by atomic mass is 16.6. The van der Waals surface area contributed by atoms with Crippen LogP contribution in [0.5, 0.6) is 11.5 Å². The fraction of sp³-hybridized carbons (Fsp3) is 0.235. The van der Waals surface area contributed by atoms with Gasteiger partial charge in [0.1, 0.15) is 5.75 Å². The molecule has 0 aliphatic rings. The van der Waals surface area contributed by atoms with Crippen LogP contribution in [-0.2, 0) is 4.79 Å². The predicted octanol–water partition coefficient (Wildman–Crippen LogP) is 3.32. The predicted molar refractivity (Wildman–Crippen MR) is 89.5 cm³/mol. The van der Waals surface area contributed by atoms with Crippen molar-refractivity contribution in [2.24, 2.45) is 0 Å². The van der Waals surface area contributed by atoms with Crippen LogP contribution in [0.1, 0.15) is 12.5 Å². The number of aryl methyl sites for hydroxylation is 1. The van der Waals surface area contributed by atoms with Crippen molar-refractivity contribution >= 4 is 17.3 Å². The smallest absolute Gasteiger partial charge is 0.311 e. The normalized spacial score (nSPS) is 11.5. The van der Waals surface area contributed by atoms with E-state index >= 15 is 0 Å². The van der Waals surface area contributed by atoms with Crippen LogP contribution in [0.3, 0.4) is 0 Å². The molecule has 0 fully saturated rings. The standard InChI is InChI=1S/C17H18N2O5/c1-11-4-9-16(15(10-11)19(21)22)24-12(2)17(20)18-13-5-7-14(23-3)8-6-13/h4-10,12H,1-3H3,(H,18,20)/t12-/m1/s1. The molecule has 0 aliphatic heterocycles. The van der Waals surface area contributed by atoms with Crippen LogP contribution in [0.25, 0.3) is 0 Å². The second-order valence-corrected chi connectivity index (χ2v) is 5.21. The highest BCUT2D eigenvalue weighted by molar-refractivity contribution is 5.94. The van der Waals surface area contributed by atoms with E-state index in [1.54, 1.807) is 44.4 Å². The maximum absolute atomic E-state index is 12.2. The minimum atomic E-state index is -0.895. The first kappa shape index (κ1) is 17.3. The largest absolute Gasteiger partial charge is 0.497 e. The zero-order valence-electron chi connectivity index (χ0n) is 13.6. The molecule has 2 aromatic carbocycles. The Bertz CT molecular complexity index is 743. The zero-order chi connectivity index (χ0) is 17.7. The number of rotatable bonds is 6. The van der Waals surface area contributed by atoms with Crippen molar-refractivity contribution < 1.29 is 19.2 Å². The van der Waals surface area contributed by atoms with Gasteiger partial charge in [0.25, 0.3) is 5.91 Å². The van der Waals surface area contributed by atoms with Gasteiger partial charge >= 0.3 is 5.69 Å². The van der Waals surface area contributed by atoms with Crippen LogP contribution < -0.4 is 14.8 Å². The number of methoxy groups -OCH3 is 1. The summed E-state index contributed by atoms with van der Waals surface area (Å²) >= 11 is 0. The van der Waals surface area contributed by atoms with Crippen LogP contribution in [0.4, 0.5) is 11.4 Å². The average molecular weight is 330 g/mol. The third kappa shape index (κ3) is 4.22. The molecule has 0 saturated heterocycles. The molecule has 0 aromatic heterocycles. The van der Waals surface area contributed by atoms with Crippen LogP contribution in [-0.4, -0.2) is 24.0 Å². The third-order valence-electron chi connectivity index (χ3n) is 3.34. The van der Waals surface area contributed by atoms with Crippen LogP contribution in [0.15, 0.2) is 42.5 Å². The number of nitrogens with zero attached hydrogens (tertiary/aromatic N) is 1. The first-order chi connectivity index (χ1) is 11.4. The molecule has 7 nitrogen and oxygen atoms in total. The van der Waals surface area contributed by atoms with Gasteiger partial charge in [-0.2, -0.15) is 0 Å². The van der Waals surface area contributed by atoms with E-state index in [1.807, 2.05) is 0 Å². The van der Waals surface area contributed by atoms with Gasteiger partial charge in [0, 0.05) is 11.8 Å². The van der Waals surface area contributed by atoms with E-state index in [-0.39, 0.29) is 11.4 Å². The molecule has 1 N–H and O–H groups in total. The molecule has 2 rings (SSSR count). The van der Waals surface area contributed by atoms with E-state index in [4.69, 9.17) is 9.47 Å². The number of ether oxygens (including phenoxy) is 2. The second-order valence-electron chi connectivity index (χ2n) is 5.21. The van der Waals surface area contributed by atoms with Gasteiger partial charge in [-0.25, -0.2) is 0 Å². The zero-order valence-corrected chi connectivity index (χ0v) is 13.6. The third-order valence-corrected chi connectivity index (χ3v) is 3.34. The second kappa shape index (κ2) is 7.45. The van der Waals surface area contributed by atoms with Crippen molar-refractivity contribution in [2.75, 3.05) is 12.4 Å². The molecule has 24 heavy (non-hydrogen) atoms. The van der Waals surface area contributed by atoms with Crippen molar-refractivity contribution in [3.63, 3.8) is 0 Å². The van der Waals surface area contributed by atoms with Crippen molar-refractivity contribution in [1.29, 1.82) is 0 Å². The summed E-state index contributed by atoms with van der Waals surface area (Å²) < 4.78 is 10.5. The van der Waals surface area contributed by atoms with Gasteiger partial charge in [0.05, 0.1) is 12.0 Å². The summed E-state index contributed by atoms with van der Waals surface area (Å²) in [7, 11) is 1.55. The summed E-state index contributed by atoms with van der Waals surface area (Å²) in [6, 6.07) is 11.4. The van der Waals surface area contributed by atoms with Gasteiger partial charge in [-0.1, -0.05) is 6.07 Å². The summed E-state index contributed by atoms with van der Waals surface area (Å²) in [5, 5.41) is 13.8. The van der Waals surface area contributed by atoms with Gasteiger partial charge in [0.15, 0.2) is 11.9 Å². The van der Waals surface area contributed by atoms with Gasteiger partial charge in [0.2, 0.25) is 0 Å². The van der Waals surface area contributed by atoms with E-state index in [1.165, 1.54) is 19.1 Å². The monoisotopic (exact) mass is 330 g/mol. The van der Waals surface area contributed by atoms with Crippen LogP contribution in [0, 0.1) is 17.0 Å². The quantitative estimate of drug-likeness (QED) is 0.648. The Labute approximate surface area is 139 Å². The van der Waals surface area contributed by atoms with Crippen molar-refractivity contribution in [1.82, 2.24) is 0 Å². The van der Waals surface area contributed by atoms with Crippen molar-refractivity contribution in [3.8, 4) is 11.5 Å². The molecule has 0 spiro atoms. The lowest BCUT2D eigenvalue weighted by Crippen LogP contribution is -2.30. The molecule has 2 aromatic rings. The number of hydrogen-bond donors (Lipinski definition) is 1. The number of anilines is 1. The topological polar surface area (TPSA) is 90.7 Å².